The van der Waals surface area contributed by atoms with Gasteiger partial charge in [0.2, 0.25) is 6.10 Å². The van der Waals surface area contributed by atoms with E-state index in [4.69, 9.17) is 15.5 Å². The van der Waals surface area contributed by atoms with Gasteiger partial charge in [0.1, 0.15) is 12.2 Å². The molecule has 7 heteroatoms. The lowest BCUT2D eigenvalue weighted by atomic mass is 10.1. The van der Waals surface area contributed by atoms with Crippen LogP contribution in [0.2, 0.25) is 0 Å². The third-order valence-electron chi connectivity index (χ3n) is 1.76. The van der Waals surface area contributed by atoms with Crippen molar-refractivity contribution in [3.63, 3.8) is 0 Å². The predicted octanol–water partition coefficient (Wildman–Crippen LogP) is -2.52. The summed E-state index contributed by atoms with van der Waals surface area (Å²) in [5.41, 5.74) is 0. The van der Waals surface area contributed by atoms with Crippen LogP contribution in [-0.4, -0.2) is 57.6 Å². The lowest BCUT2D eigenvalue weighted by Gasteiger charge is -2.20. The van der Waals surface area contributed by atoms with Gasteiger partial charge in [0, 0.05) is 0 Å². The van der Waals surface area contributed by atoms with Crippen LogP contribution in [0, 0.1) is 0 Å². The van der Waals surface area contributed by atoms with E-state index in [1.165, 1.54) is 0 Å². The van der Waals surface area contributed by atoms with Crippen LogP contribution in [0.25, 0.3) is 0 Å². The third kappa shape index (κ3) is 2.14. The Morgan fingerprint density at radius 1 is 1.54 bits per heavy atom. The zero-order valence-electron chi connectivity index (χ0n) is 6.53. The summed E-state index contributed by atoms with van der Waals surface area (Å²) in [6.07, 6.45) is -5.50. The average Bonchev–Trinajstić information content (AvgIpc) is 2.82. The van der Waals surface area contributed by atoms with Gasteiger partial charge in [0.25, 0.3) is 0 Å². The van der Waals surface area contributed by atoms with Gasteiger partial charge in [-0.05, 0) is 0 Å². The van der Waals surface area contributed by atoms with E-state index in [-0.39, 0.29) is 0 Å². The Bertz CT molecular complexity index is 193. The highest BCUT2D eigenvalue weighted by Crippen LogP contribution is 2.22. The van der Waals surface area contributed by atoms with Gasteiger partial charge in [-0.25, -0.2) is 9.68 Å². The van der Waals surface area contributed by atoms with Gasteiger partial charge in [0.05, 0.1) is 6.61 Å². The summed E-state index contributed by atoms with van der Waals surface area (Å²) < 4.78 is 4.31. The van der Waals surface area contributed by atoms with Crippen molar-refractivity contribution in [2.24, 2.45) is 0 Å². The summed E-state index contributed by atoms with van der Waals surface area (Å²) in [6.45, 7) is -0.706. The zero-order chi connectivity index (χ0) is 10.0. The molecular formula is C6H10O7. The Morgan fingerprint density at radius 3 is 2.38 bits per heavy atom. The monoisotopic (exact) mass is 194 g/mol. The number of hydrogen-bond donors (Lipinski definition) is 4. The SMILES string of the molecule is O=C1O[C@@H]1[C@@H](OO)[C@H](O)[C@H](O)CO. The smallest absolute Gasteiger partial charge is 0.351 e. The van der Waals surface area contributed by atoms with Gasteiger partial charge >= 0.3 is 5.97 Å². The van der Waals surface area contributed by atoms with Crippen LogP contribution >= 0.6 is 0 Å². The van der Waals surface area contributed by atoms with Crippen molar-refractivity contribution in [3.05, 3.63) is 0 Å². The minimum Gasteiger partial charge on any atom is -0.444 e. The highest BCUT2D eigenvalue weighted by molar-refractivity contribution is 5.88. The zero-order valence-corrected chi connectivity index (χ0v) is 6.53. The molecule has 1 aliphatic rings. The first-order valence-corrected chi connectivity index (χ1v) is 3.59. The fraction of sp³-hybridized carbons (Fsp3) is 0.833. The molecule has 4 atom stereocenters. The number of epoxide rings is 1. The molecule has 4 N–H and O–H groups in total. The Labute approximate surface area is 73.1 Å². The molecule has 0 aromatic heterocycles. The van der Waals surface area contributed by atoms with Crippen molar-refractivity contribution in [3.8, 4) is 0 Å². The van der Waals surface area contributed by atoms with Crippen molar-refractivity contribution in [1.82, 2.24) is 0 Å². The van der Waals surface area contributed by atoms with Gasteiger partial charge in [-0.1, -0.05) is 0 Å². The molecule has 0 radical (unpaired) electrons. The van der Waals surface area contributed by atoms with Crippen LogP contribution in [0.15, 0.2) is 0 Å². The minimum absolute atomic E-state index is 0.636. The number of hydrogen-bond acceptors (Lipinski definition) is 7. The Morgan fingerprint density at radius 2 is 2.08 bits per heavy atom. The van der Waals surface area contributed by atoms with E-state index in [2.05, 4.69) is 9.62 Å². The Hall–Kier alpha value is -0.730. The van der Waals surface area contributed by atoms with Crippen molar-refractivity contribution >= 4 is 5.97 Å². The maximum Gasteiger partial charge on any atom is 0.351 e. The fourth-order valence-electron chi connectivity index (χ4n) is 0.916. The highest BCUT2D eigenvalue weighted by Gasteiger charge is 2.51. The fourth-order valence-corrected chi connectivity index (χ4v) is 0.916. The molecule has 0 aromatic carbocycles. The van der Waals surface area contributed by atoms with Gasteiger partial charge in [0.15, 0.2) is 6.10 Å². The second-order valence-corrected chi connectivity index (χ2v) is 2.67. The number of carbonyl (C=O) groups excluding carboxylic acids is 1. The summed E-state index contributed by atoms with van der Waals surface area (Å²) in [5.74, 6) is -0.636. The highest BCUT2D eigenvalue weighted by atomic mass is 17.1. The second-order valence-electron chi connectivity index (χ2n) is 2.67. The summed E-state index contributed by atoms with van der Waals surface area (Å²) in [4.78, 5) is 14.2. The maximum absolute atomic E-state index is 10.4. The normalized spacial score (nSPS) is 27.7. The number of carbonyl (C=O) groups is 1. The first kappa shape index (κ1) is 10.4. The molecule has 1 heterocycles. The number of aliphatic hydroxyl groups is 3. The van der Waals surface area contributed by atoms with Gasteiger partial charge in [-0.15, -0.1) is 0 Å². The molecule has 0 aliphatic carbocycles. The minimum atomic E-state index is -1.58. The second kappa shape index (κ2) is 3.99. The van der Waals surface area contributed by atoms with Crippen LogP contribution < -0.4 is 0 Å². The number of rotatable bonds is 5. The van der Waals surface area contributed by atoms with Crippen molar-refractivity contribution in [1.29, 1.82) is 0 Å². The van der Waals surface area contributed by atoms with Crippen molar-refractivity contribution < 1.29 is 35.0 Å². The molecule has 1 aliphatic heterocycles. The summed E-state index contributed by atoms with van der Waals surface area (Å²) in [5, 5.41) is 34.8. The first-order valence-electron chi connectivity index (χ1n) is 3.59. The standard InChI is InChI=1S/C6H10O7/c7-1-2(8)3(9)4(13-11)5-6(10)12-5/h2-5,7-9,11H,1H2/t2-,3-,4+,5-/m1/s1. The molecule has 0 unspecified atom stereocenters. The lowest BCUT2D eigenvalue weighted by molar-refractivity contribution is -0.307. The number of ether oxygens (including phenoxy) is 1. The quantitative estimate of drug-likeness (QED) is 0.216. The molecule has 0 amide bonds. The van der Waals surface area contributed by atoms with Gasteiger partial charge < -0.3 is 20.1 Å². The van der Waals surface area contributed by atoms with Crippen LogP contribution in [0.4, 0.5) is 0 Å². The molecule has 1 saturated heterocycles. The predicted molar refractivity (Wildman–Crippen MR) is 36.5 cm³/mol. The van der Waals surface area contributed by atoms with Crippen LogP contribution in [0.3, 0.4) is 0 Å². The van der Waals surface area contributed by atoms with Crippen molar-refractivity contribution in [2.45, 2.75) is 24.4 Å². The van der Waals surface area contributed by atoms with E-state index in [9.17, 15) is 9.90 Å². The largest absolute Gasteiger partial charge is 0.444 e. The van der Waals surface area contributed by atoms with Crippen molar-refractivity contribution in [2.75, 3.05) is 6.61 Å². The topological polar surface area (TPSA) is 120 Å². The number of aliphatic hydroxyl groups excluding tert-OH is 3. The average molecular weight is 194 g/mol. The van der Waals surface area contributed by atoms with E-state index >= 15 is 0 Å². The van der Waals surface area contributed by atoms with E-state index in [0.29, 0.717) is 0 Å². The third-order valence-corrected chi connectivity index (χ3v) is 1.76. The van der Waals surface area contributed by atoms with Crippen LogP contribution in [0.5, 0.6) is 0 Å². The summed E-state index contributed by atoms with van der Waals surface area (Å²) in [7, 11) is 0. The molecule has 0 bridgehead atoms. The van der Waals surface area contributed by atoms with E-state index < -0.39 is 37.0 Å². The van der Waals surface area contributed by atoms with E-state index in [1.807, 2.05) is 0 Å². The molecular weight excluding hydrogens is 184 g/mol. The van der Waals surface area contributed by atoms with E-state index in [0.717, 1.165) is 0 Å². The maximum atomic E-state index is 10.4. The molecule has 0 spiro atoms. The lowest BCUT2D eigenvalue weighted by Crippen LogP contribution is -2.43. The molecule has 0 saturated carbocycles. The summed E-state index contributed by atoms with van der Waals surface area (Å²) >= 11 is 0. The van der Waals surface area contributed by atoms with Crippen LogP contribution in [0.1, 0.15) is 0 Å². The summed E-state index contributed by atoms with van der Waals surface area (Å²) in [6, 6.07) is 0. The van der Waals surface area contributed by atoms with Gasteiger partial charge in [-0.2, -0.15) is 0 Å². The molecule has 76 valence electrons. The molecule has 7 nitrogen and oxygen atoms in total. The number of cyclic esters (lactones) is 1. The molecule has 1 fully saturated rings. The molecule has 1 rings (SSSR count). The Balaban J connectivity index is 2.50. The van der Waals surface area contributed by atoms with Gasteiger partial charge in [-0.3, -0.25) is 5.26 Å². The van der Waals surface area contributed by atoms with Crippen LogP contribution in [-0.2, 0) is 14.4 Å². The molecule has 13 heavy (non-hydrogen) atoms. The molecule has 0 aromatic rings. The Kier molecular flexibility index (Phi) is 3.17. The first-order chi connectivity index (χ1) is 6.11. The van der Waals surface area contributed by atoms with E-state index in [1.54, 1.807) is 0 Å².